The van der Waals surface area contributed by atoms with E-state index in [0.717, 1.165) is 37.6 Å². The monoisotopic (exact) mass is 446 g/mol. The van der Waals surface area contributed by atoms with Crippen LogP contribution in [0, 0.1) is 12.3 Å². The number of alkyl halides is 3. The Hall–Kier alpha value is -1.91. The number of carboxylic acid groups (broad SMARTS) is 1. The van der Waals surface area contributed by atoms with Gasteiger partial charge < -0.3 is 10.0 Å². The summed E-state index contributed by atoms with van der Waals surface area (Å²) in [5.74, 6) is -2.45. The van der Waals surface area contributed by atoms with E-state index in [2.05, 4.69) is 40.8 Å². The van der Waals surface area contributed by atoms with E-state index < -0.39 is 12.1 Å². The Morgan fingerprint density at radius 2 is 2.00 bits per heavy atom. The minimum Gasteiger partial charge on any atom is -0.475 e. The van der Waals surface area contributed by atoms with E-state index in [1.807, 2.05) is 4.90 Å². The zero-order chi connectivity index (χ0) is 21.2. The third-order valence-electron chi connectivity index (χ3n) is 5.06. The molecule has 1 spiro atoms. The Balaban J connectivity index is 0.000000298. The molecule has 1 N–H and O–H groups in total. The summed E-state index contributed by atoms with van der Waals surface area (Å²) in [6.07, 6.45) is -3.23. The number of rotatable bonds is 3. The van der Waals surface area contributed by atoms with Crippen molar-refractivity contribution >= 4 is 39.6 Å². The smallest absolute Gasteiger partial charge is 0.475 e. The molecule has 2 saturated heterocycles. The summed E-state index contributed by atoms with van der Waals surface area (Å²) >= 11 is 3.49. The number of hydrogen-bond acceptors (Lipinski definition) is 5. The van der Waals surface area contributed by atoms with Gasteiger partial charge in [-0.25, -0.2) is 4.79 Å². The summed E-state index contributed by atoms with van der Waals surface area (Å²) in [4.78, 5) is 27.2. The molecule has 1 atom stereocenters. The maximum absolute atomic E-state index is 12.5. The van der Waals surface area contributed by atoms with E-state index in [0.29, 0.717) is 12.3 Å². The molecule has 2 aromatic rings. The van der Waals surface area contributed by atoms with E-state index in [4.69, 9.17) is 9.90 Å². The van der Waals surface area contributed by atoms with E-state index in [1.165, 1.54) is 10.4 Å². The predicted octanol–water partition coefficient (Wildman–Crippen LogP) is 4.38. The Kier molecular flexibility index (Phi) is 6.35. The molecule has 0 aromatic carbocycles. The van der Waals surface area contributed by atoms with Gasteiger partial charge in [0.25, 0.3) is 0 Å². The van der Waals surface area contributed by atoms with Crippen molar-refractivity contribution in [1.82, 2.24) is 4.90 Å². The highest BCUT2D eigenvalue weighted by Gasteiger charge is 2.47. The summed E-state index contributed by atoms with van der Waals surface area (Å²) in [6.45, 7) is 6.18. The Labute approximate surface area is 174 Å². The first-order chi connectivity index (χ1) is 13.6. The van der Waals surface area contributed by atoms with Crippen LogP contribution in [0.15, 0.2) is 29.0 Å². The third-order valence-corrected chi connectivity index (χ3v) is 6.81. The van der Waals surface area contributed by atoms with Gasteiger partial charge in [-0.2, -0.15) is 24.5 Å². The molecule has 2 aliphatic rings. The summed E-state index contributed by atoms with van der Waals surface area (Å²) in [7, 11) is 0. The van der Waals surface area contributed by atoms with Gasteiger partial charge >= 0.3 is 12.1 Å². The fraction of sp³-hybridized carbons (Fsp3) is 0.474. The number of aliphatic carboxylic acids is 1. The molecule has 2 aliphatic heterocycles. The molecule has 158 valence electrons. The lowest BCUT2D eigenvalue weighted by Crippen LogP contribution is -2.30. The predicted molar refractivity (Wildman–Crippen MR) is 106 cm³/mol. The van der Waals surface area contributed by atoms with Crippen LogP contribution in [0.1, 0.15) is 23.3 Å². The molecular formula is C19H21F3N2O3S2. The number of carbonyl (C=O) groups is 2. The van der Waals surface area contributed by atoms with Gasteiger partial charge in [0, 0.05) is 36.3 Å². The standard InChI is InChI=1S/C17H20N2OS2.C2HF3O2/c1-13-2-3-16(22-13)19-12-17(8-15(19)20)5-6-18(11-17)9-14-4-7-21-10-14;3-2(4,5)1(6)7/h2-4,7,10H,5-6,8-9,11-12H2,1H3;(H,6,7). The van der Waals surface area contributed by atoms with E-state index in [1.54, 1.807) is 22.7 Å². The van der Waals surface area contributed by atoms with Crippen molar-refractivity contribution in [2.24, 2.45) is 5.41 Å². The molecule has 4 rings (SSSR count). The largest absolute Gasteiger partial charge is 0.490 e. The van der Waals surface area contributed by atoms with Crippen LogP contribution in [0.4, 0.5) is 18.2 Å². The average Bonchev–Trinajstić information content (AvgIpc) is 3.39. The van der Waals surface area contributed by atoms with Gasteiger partial charge in [0.2, 0.25) is 5.91 Å². The summed E-state index contributed by atoms with van der Waals surface area (Å²) < 4.78 is 31.7. The highest BCUT2D eigenvalue weighted by atomic mass is 32.1. The fourth-order valence-electron chi connectivity index (χ4n) is 3.74. The molecule has 0 bridgehead atoms. The Morgan fingerprint density at radius 3 is 2.55 bits per heavy atom. The van der Waals surface area contributed by atoms with Crippen LogP contribution in [0.25, 0.3) is 0 Å². The number of aryl methyl sites for hydroxylation is 1. The van der Waals surface area contributed by atoms with Crippen LogP contribution >= 0.6 is 22.7 Å². The number of likely N-dealkylation sites (tertiary alicyclic amines) is 1. The number of anilines is 1. The molecule has 2 fully saturated rings. The number of carboxylic acids is 1. The molecule has 5 nitrogen and oxygen atoms in total. The van der Waals surface area contributed by atoms with Crippen molar-refractivity contribution < 1.29 is 27.9 Å². The topological polar surface area (TPSA) is 60.9 Å². The third kappa shape index (κ3) is 5.37. The summed E-state index contributed by atoms with van der Waals surface area (Å²) in [6, 6.07) is 6.40. The van der Waals surface area contributed by atoms with Gasteiger partial charge in [-0.05, 0) is 54.4 Å². The van der Waals surface area contributed by atoms with Crippen LogP contribution in [0.2, 0.25) is 0 Å². The molecular weight excluding hydrogens is 425 g/mol. The van der Waals surface area contributed by atoms with Gasteiger partial charge in [0.05, 0.1) is 5.00 Å². The lowest BCUT2D eigenvalue weighted by Gasteiger charge is -2.23. The van der Waals surface area contributed by atoms with E-state index >= 15 is 0 Å². The number of carbonyl (C=O) groups excluding carboxylic acids is 1. The zero-order valence-electron chi connectivity index (χ0n) is 15.7. The Bertz CT molecular complexity index is 866. The second-order valence-electron chi connectivity index (χ2n) is 7.44. The van der Waals surface area contributed by atoms with Crippen LogP contribution in [-0.4, -0.2) is 47.7 Å². The van der Waals surface area contributed by atoms with Crippen LogP contribution in [0.5, 0.6) is 0 Å². The second-order valence-corrected chi connectivity index (χ2v) is 9.48. The number of hydrogen-bond donors (Lipinski definition) is 1. The van der Waals surface area contributed by atoms with Crippen molar-refractivity contribution in [1.29, 1.82) is 0 Å². The maximum Gasteiger partial charge on any atom is 0.490 e. The molecule has 4 heterocycles. The van der Waals surface area contributed by atoms with Crippen molar-refractivity contribution in [3.8, 4) is 0 Å². The molecule has 2 aromatic heterocycles. The zero-order valence-corrected chi connectivity index (χ0v) is 17.4. The summed E-state index contributed by atoms with van der Waals surface area (Å²) in [5, 5.41) is 12.6. The second kappa shape index (κ2) is 8.45. The molecule has 0 aliphatic carbocycles. The fourth-order valence-corrected chi connectivity index (χ4v) is 5.28. The SMILES string of the molecule is Cc1ccc(N2CC3(CCN(Cc4ccsc4)C3)CC2=O)s1.O=C(O)C(F)(F)F. The van der Waals surface area contributed by atoms with Crippen molar-refractivity contribution in [2.45, 2.75) is 32.5 Å². The van der Waals surface area contributed by atoms with Crippen LogP contribution < -0.4 is 4.90 Å². The lowest BCUT2D eigenvalue weighted by atomic mass is 9.86. The highest BCUT2D eigenvalue weighted by molar-refractivity contribution is 7.16. The summed E-state index contributed by atoms with van der Waals surface area (Å²) in [5.41, 5.74) is 1.57. The van der Waals surface area contributed by atoms with Crippen molar-refractivity contribution in [3.05, 3.63) is 39.4 Å². The van der Waals surface area contributed by atoms with E-state index in [9.17, 15) is 18.0 Å². The van der Waals surface area contributed by atoms with Crippen LogP contribution in [0.3, 0.4) is 0 Å². The lowest BCUT2D eigenvalue weighted by molar-refractivity contribution is -0.192. The normalized spacial score (nSPS) is 22.2. The van der Waals surface area contributed by atoms with Crippen molar-refractivity contribution in [2.75, 3.05) is 24.5 Å². The van der Waals surface area contributed by atoms with Gasteiger partial charge in [-0.15, -0.1) is 11.3 Å². The minimum atomic E-state index is -5.08. The van der Waals surface area contributed by atoms with Gasteiger partial charge in [0.1, 0.15) is 0 Å². The van der Waals surface area contributed by atoms with Gasteiger partial charge in [0.15, 0.2) is 0 Å². The number of thiophene rings is 2. The van der Waals surface area contributed by atoms with Crippen LogP contribution in [-0.2, 0) is 16.1 Å². The minimum absolute atomic E-state index is 0.172. The Morgan fingerprint density at radius 1 is 1.28 bits per heavy atom. The maximum atomic E-state index is 12.5. The number of nitrogens with zero attached hydrogens (tertiary/aromatic N) is 2. The molecule has 10 heteroatoms. The number of amides is 1. The molecule has 1 amide bonds. The quantitative estimate of drug-likeness (QED) is 0.760. The molecule has 1 unspecified atom stereocenters. The molecule has 29 heavy (non-hydrogen) atoms. The van der Waals surface area contributed by atoms with E-state index in [-0.39, 0.29) is 5.41 Å². The molecule has 0 saturated carbocycles. The van der Waals surface area contributed by atoms with Gasteiger partial charge in [-0.1, -0.05) is 0 Å². The first-order valence-electron chi connectivity index (χ1n) is 8.98. The number of halogens is 3. The first-order valence-corrected chi connectivity index (χ1v) is 10.7. The van der Waals surface area contributed by atoms with Gasteiger partial charge in [-0.3, -0.25) is 9.69 Å². The first kappa shape index (κ1) is 21.8. The average molecular weight is 447 g/mol. The highest BCUT2D eigenvalue weighted by Crippen LogP contribution is 2.43. The van der Waals surface area contributed by atoms with Crippen molar-refractivity contribution in [3.63, 3.8) is 0 Å². The molecule has 0 radical (unpaired) electrons.